The molecule has 0 saturated carbocycles. The summed E-state index contributed by atoms with van der Waals surface area (Å²) in [7, 11) is 0. The standard InChI is InChI=1S/C13H19ClN2S/c1-9-6-16(7-10(2)17-9)8-11-3-4-12(14)13(15)5-11/h3-5,9-10H,6-8,15H2,1-2H3. The molecule has 0 aliphatic carbocycles. The third-order valence-electron chi connectivity index (χ3n) is 2.96. The van der Waals surface area contributed by atoms with Crippen molar-refractivity contribution >= 4 is 29.1 Å². The third kappa shape index (κ3) is 3.54. The number of hydrogen-bond donors (Lipinski definition) is 1. The fourth-order valence-electron chi connectivity index (χ4n) is 2.36. The van der Waals surface area contributed by atoms with Crippen molar-refractivity contribution in [2.45, 2.75) is 30.9 Å². The Morgan fingerprint density at radius 3 is 2.59 bits per heavy atom. The molecule has 1 aliphatic heterocycles. The van der Waals surface area contributed by atoms with Crippen molar-refractivity contribution in [2.75, 3.05) is 18.8 Å². The lowest BCUT2D eigenvalue weighted by molar-refractivity contribution is 0.263. The molecule has 0 aromatic heterocycles. The van der Waals surface area contributed by atoms with Crippen LogP contribution in [0.15, 0.2) is 18.2 Å². The van der Waals surface area contributed by atoms with Crippen molar-refractivity contribution in [1.29, 1.82) is 0 Å². The second-order valence-corrected chi connectivity index (χ2v) is 7.10. The van der Waals surface area contributed by atoms with Gasteiger partial charge in [-0.25, -0.2) is 0 Å². The molecular formula is C13H19ClN2S. The molecule has 94 valence electrons. The number of nitrogens with two attached hydrogens (primary N) is 1. The first kappa shape index (κ1) is 13.1. The first-order valence-corrected chi connectivity index (χ1v) is 7.28. The van der Waals surface area contributed by atoms with E-state index in [0.29, 0.717) is 21.2 Å². The van der Waals surface area contributed by atoms with Gasteiger partial charge in [-0.15, -0.1) is 0 Å². The van der Waals surface area contributed by atoms with E-state index in [0.717, 1.165) is 19.6 Å². The molecule has 1 heterocycles. The van der Waals surface area contributed by atoms with Crippen LogP contribution in [0.25, 0.3) is 0 Å². The van der Waals surface area contributed by atoms with Crippen molar-refractivity contribution < 1.29 is 0 Å². The highest BCUT2D eigenvalue weighted by molar-refractivity contribution is 8.00. The van der Waals surface area contributed by atoms with Crippen molar-refractivity contribution in [1.82, 2.24) is 4.90 Å². The lowest BCUT2D eigenvalue weighted by atomic mass is 10.2. The van der Waals surface area contributed by atoms with Crippen LogP contribution in [0.2, 0.25) is 5.02 Å². The van der Waals surface area contributed by atoms with Crippen LogP contribution in [-0.4, -0.2) is 28.5 Å². The van der Waals surface area contributed by atoms with Crippen molar-refractivity contribution in [3.8, 4) is 0 Å². The topological polar surface area (TPSA) is 29.3 Å². The predicted molar refractivity (Wildman–Crippen MR) is 77.7 cm³/mol. The minimum atomic E-state index is 0.643. The van der Waals surface area contributed by atoms with Crippen LogP contribution in [0.5, 0.6) is 0 Å². The van der Waals surface area contributed by atoms with Crippen LogP contribution in [0, 0.1) is 0 Å². The molecule has 2 N–H and O–H groups in total. The minimum absolute atomic E-state index is 0.643. The number of anilines is 1. The van der Waals surface area contributed by atoms with Gasteiger partial charge < -0.3 is 5.73 Å². The van der Waals surface area contributed by atoms with Crippen LogP contribution in [0.3, 0.4) is 0 Å². The SMILES string of the molecule is CC1CN(Cc2ccc(Cl)c(N)c2)CC(C)S1. The molecule has 1 saturated heterocycles. The molecule has 0 radical (unpaired) electrons. The average Bonchev–Trinajstić information content (AvgIpc) is 2.22. The lowest BCUT2D eigenvalue weighted by Gasteiger charge is -2.34. The molecule has 1 fully saturated rings. The number of benzene rings is 1. The largest absolute Gasteiger partial charge is 0.398 e. The number of hydrogen-bond acceptors (Lipinski definition) is 3. The fourth-order valence-corrected chi connectivity index (χ4v) is 3.87. The van der Waals surface area contributed by atoms with E-state index in [4.69, 9.17) is 17.3 Å². The van der Waals surface area contributed by atoms with E-state index in [-0.39, 0.29) is 0 Å². The summed E-state index contributed by atoms with van der Waals surface area (Å²) in [6, 6.07) is 5.94. The summed E-state index contributed by atoms with van der Waals surface area (Å²) in [4.78, 5) is 2.49. The van der Waals surface area contributed by atoms with Crippen molar-refractivity contribution in [3.05, 3.63) is 28.8 Å². The van der Waals surface area contributed by atoms with Gasteiger partial charge in [-0.2, -0.15) is 11.8 Å². The summed E-state index contributed by atoms with van der Waals surface area (Å²) in [6.45, 7) is 7.86. The summed E-state index contributed by atoms with van der Waals surface area (Å²) in [5.41, 5.74) is 7.75. The van der Waals surface area contributed by atoms with Crippen LogP contribution in [0.4, 0.5) is 5.69 Å². The molecule has 1 aromatic rings. The van der Waals surface area contributed by atoms with Gasteiger partial charge >= 0.3 is 0 Å². The van der Waals surface area contributed by atoms with Crippen LogP contribution < -0.4 is 5.73 Å². The number of rotatable bonds is 2. The second-order valence-electron chi connectivity index (χ2n) is 4.81. The highest BCUT2D eigenvalue weighted by Gasteiger charge is 2.22. The zero-order chi connectivity index (χ0) is 12.4. The Bertz CT molecular complexity index is 387. The van der Waals surface area contributed by atoms with Gasteiger partial charge in [0.05, 0.1) is 10.7 Å². The fraction of sp³-hybridized carbons (Fsp3) is 0.538. The first-order valence-electron chi connectivity index (χ1n) is 5.96. The molecule has 4 heteroatoms. The van der Waals surface area contributed by atoms with E-state index < -0.39 is 0 Å². The molecule has 2 atom stereocenters. The molecule has 1 aliphatic rings. The van der Waals surface area contributed by atoms with E-state index in [1.807, 2.05) is 12.1 Å². The summed E-state index contributed by atoms with van der Waals surface area (Å²) < 4.78 is 0. The quantitative estimate of drug-likeness (QED) is 0.837. The summed E-state index contributed by atoms with van der Waals surface area (Å²) in [6.07, 6.45) is 0. The van der Waals surface area contributed by atoms with Crippen LogP contribution >= 0.6 is 23.4 Å². The number of nitrogen functional groups attached to an aromatic ring is 1. The lowest BCUT2D eigenvalue weighted by Crippen LogP contribution is -2.39. The Morgan fingerprint density at radius 1 is 1.35 bits per heavy atom. The average molecular weight is 271 g/mol. The molecule has 0 bridgehead atoms. The molecule has 2 unspecified atom stereocenters. The Morgan fingerprint density at radius 2 is 2.00 bits per heavy atom. The molecule has 0 amide bonds. The van der Waals surface area contributed by atoms with Gasteiger partial charge in [0.25, 0.3) is 0 Å². The van der Waals surface area contributed by atoms with Crippen LogP contribution in [-0.2, 0) is 6.54 Å². The Labute approximate surface area is 113 Å². The highest BCUT2D eigenvalue weighted by Crippen LogP contribution is 2.26. The first-order chi connectivity index (χ1) is 8.04. The Balaban J connectivity index is 2.02. The summed E-state index contributed by atoms with van der Waals surface area (Å²) >= 11 is 8.00. The van der Waals surface area contributed by atoms with Gasteiger partial charge in [0.1, 0.15) is 0 Å². The summed E-state index contributed by atoms with van der Waals surface area (Å²) in [5.74, 6) is 0. The predicted octanol–water partition coefficient (Wildman–Crippen LogP) is 3.25. The van der Waals surface area contributed by atoms with Gasteiger partial charge in [-0.1, -0.05) is 31.5 Å². The van der Waals surface area contributed by atoms with Crippen LogP contribution in [0.1, 0.15) is 19.4 Å². The molecule has 1 aromatic carbocycles. The maximum absolute atomic E-state index is 5.93. The normalized spacial score (nSPS) is 26.1. The smallest absolute Gasteiger partial charge is 0.0635 e. The van der Waals surface area contributed by atoms with Crippen molar-refractivity contribution in [2.24, 2.45) is 0 Å². The maximum atomic E-state index is 5.93. The zero-order valence-corrected chi connectivity index (χ0v) is 11.9. The highest BCUT2D eigenvalue weighted by atomic mass is 35.5. The van der Waals surface area contributed by atoms with Gasteiger partial charge in [0.15, 0.2) is 0 Å². The molecule has 17 heavy (non-hydrogen) atoms. The van der Waals surface area contributed by atoms with E-state index in [1.165, 1.54) is 5.56 Å². The second kappa shape index (κ2) is 5.51. The molecule has 2 rings (SSSR count). The van der Waals surface area contributed by atoms with E-state index in [1.54, 1.807) is 0 Å². The van der Waals surface area contributed by atoms with E-state index >= 15 is 0 Å². The monoisotopic (exact) mass is 270 g/mol. The summed E-state index contributed by atoms with van der Waals surface area (Å²) in [5, 5.41) is 2.07. The zero-order valence-electron chi connectivity index (χ0n) is 10.3. The third-order valence-corrected chi connectivity index (χ3v) is 4.53. The van der Waals surface area contributed by atoms with Gasteiger partial charge in [0.2, 0.25) is 0 Å². The molecule has 0 spiro atoms. The van der Waals surface area contributed by atoms with Gasteiger partial charge in [-0.05, 0) is 17.7 Å². The maximum Gasteiger partial charge on any atom is 0.0635 e. The Hall–Kier alpha value is -0.380. The van der Waals surface area contributed by atoms with E-state index in [9.17, 15) is 0 Å². The molecular weight excluding hydrogens is 252 g/mol. The number of thioether (sulfide) groups is 1. The van der Waals surface area contributed by atoms with Gasteiger partial charge in [-0.3, -0.25) is 4.90 Å². The number of nitrogens with zero attached hydrogens (tertiary/aromatic N) is 1. The number of halogens is 1. The Kier molecular flexibility index (Phi) is 4.23. The van der Waals surface area contributed by atoms with Crippen molar-refractivity contribution in [3.63, 3.8) is 0 Å². The minimum Gasteiger partial charge on any atom is -0.398 e. The van der Waals surface area contributed by atoms with Gasteiger partial charge in [0, 0.05) is 30.1 Å². The van der Waals surface area contributed by atoms with E-state index in [2.05, 4.69) is 36.6 Å². The molecule has 2 nitrogen and oxygen atoms in total.